The molecular weight excluding hydrogens is 258 g/mol. The quantitative estimate of drug-likeness (QED) is 0.804. The van der Waals surface area contributed by atoms with Gasteiger partial charge in [0.2, 0.25) is 5.91 Å². The monoisotopic (exact) mass is 271 g/mol. The molecule has 92 valence electrons. The molecule has 0 bridgehead atoms. The van der Waals surface area contributed by atoms with Gasteiger partial charge in [-0.25, -0.2) is 4.98 Å². The van der Waals surface area contributed by atoms with E-state index < -0.39 is 0 Å². The van der Waals surface area contributed by atoms with Crippen molar-refractivity contribution in [1.82, 2.24) is 10.3 Å². The molecule has 1 aromatic rings. The molecule has 1 atom stereocenters. The van der Waals surface area contributed by atoms with Crippen LogP contribution in [0.5, 0.6) is 0 Å². The maximum Gasteiger partial charge on any atom is 0.242 e. The van der Waals surface area contributed by atoms with E-state index in [0.29, 0.717) is 10.8 Å². The zero-order valence-electron chi connectivity index (χ0n) is 9.50. The number of nitrogens with one attached hydrogen (secondary N) is 2. The summed E-state index contributed by atoms with van der Waals surface area (Å²) in [5.74, 6) is 1.86. The summed E-state index contributed by atoms with van der Waals surface area (Å²) >= 11 is 7.61. The molecule has 6 heteroatoms. The van der Waals surface area contributed by atoms with Gasteiger partial charge in [-0.3, -0.25) is 4.79 Å². The Morgan fingerprint density at radius 1 is 1.71 bits per heavy atom. The number of aryl methyl sites for hydroxylation is 1. The predicted octanol–water partition coefficient (Wildman–Crippen LogP) is 1.69. The standard InChI is InChI=1S/C11H14ClN3OS/c1-7-4-8(5-14-10(7)12)15-11(16)9-6-17-3-2-13-9/h4-5,9,13H,2-3,6H2,1H3,(H,15,16). The Kier molecular flexibility index (Phi) is 4.25. The summed E-state index contributed by atoms with van der Waals surface area (Å²) in [5, 5.41) is 6.50. The Bertz CT molecular complexity index is 421. The van der Waals surface area contributed by atoms with Crippen molar-refractivity contribution in [2.75, 3.05) is 23.4 Å². The first-order chi connectivity index (χ1) is 8.16. The molecule has 1 fully saturated rings. The lowest BCUT2D eigenvalue weighted by Crippen LogP contribution is -2.46. The first-order valence-corrected chi connectivity index (χ1v) is 6.94. The van der Waals surface area contributed by atoms with Crippen LogP contribution >= 0.6 is 23.4 Å². The number of carbonyl (C=O) groups excluding carboxylic acids is 1. The number of thioether (sulfide) groups is 1. The van der Waals surface area contributed by atoms with Gasteiger partial charge >= 0.3 is 0 Å². The molecule has 1 aromatic heterocycles. The van der Waals surface area contributed by atoms with Crippen molar-refractivity contribution in [3.8, 4) is 0 Å². The SMILES string of the molecule is Cc1cc(NC(=O)C2CSCCN2)cnc1Cl. The van der Waals surface area contributed by atoms with Crippen LogP contribution in [0.4, 0.5) is 5.69 Å². The Balaban J connectivity index is 1.99. The van der Waals surface area contributed by atoms with Crippen molar-refractivity contribution in [3.05, 3.63) is 23.0 Å². The average molecular weight is 272 g/mol. The molecule has 1 aliphatic heterocycles. The van der Waals surface area contributed by atoms with Crippen LogP contribution in [-0.2, 0) is 4.79 Å². The topological polar surface area (TPSA) is 54.0 Å². The van der Waals surface area contributed by atoms with E-state index in [0.717, 1.165) is 23.6 Å². The second-order valence-electron chi connectivity index (χ2n) is 3.90. The smallest absolute Gasteiger partial charge is 0.242 e. The lowest BCUT2D eigenvalue weighted by Gasteiger charge is -2.22. The van der Waals surface area contributed by atoms with E-state index in [9.17, 15) is 4.79 Å². The number of pyridine rings is 1. The molecular formula is C11H14ClN3OS. The van der Waals surface area contributed by atoms with Gasteiger partial charge in [0.1, 0.15) is 5.15 Å². The fourth-order valence-corrected chi connectivity index (χ4v) is 2.63. The summed E-state index contributed by atoms with van der Waals surface area (Å²) in [6, 6.07) is 1.70. The molecule has 0 radical (unpaired) electrons. The van der Waals surface area contributed by atoms with E-state index in [2.05, 4.69) is 15.6 Å². The van der Waals surface area contributed by atoms with Crippen molar-refractivity contribution in [3.63, 3.8) is 0 Å². The van der Waals surface area contributed by atoms with Crippen LogP contribution in [0.25, 0.3) is 0 Å². The first kappa shape index (κ1) is 12.7. The first-order valence-electron chi connectivity index (χ1n) is 5.41. The highest BCUT2D eigenvalue weighted by Gasteiger charge is 2.20. The van der Waals surface area contributed by atoms with Crippen molar-refractivity contribution in [2.45, 2.75) is 13.0 Å². The molecule has 1 amide bonds. The predicted molar refractivity (Wildman–Crippen MR) is 71.7 cm³/mol. The lowest BCUT2D eigenvalue weighted by molar-refractivity contribution is -0.117. The maximum absolute atomic E-state index is 11.9. The molecule has 0 saturated carbocycles. The van der Waals surface area contributed by atoms with Crippen LogP contribution in [0.1, 0.15) is 5.56 Å². The molecule has 4 nitrogen and oxygen atoms in total. The van der Waals surface area contributed by atoms with E-state index in [-0.39, 0.29) is 11.9 Å². The minimum Gasteiger partial charge on any atom is -0.323 e. The Morgan fingerprint density at radius 3 is 3.18 bits per heavy atom. The highest BCUT2D eigenvalue weighted by Crippen LogP contribution is 2.17. The molecule has 17 heavy (non-hydrogen) atoms. The molecule has 0 aliphatic carbocycles. The van der Waals surface area contributed by atoms with E-state index in [1.54, 1.807) is 18.0 Å². The highest BCUT2D eigenvalue weighted by molar-refractivity contribution is 7.99. The summed E-state index contributed by atoms with van der Waals surface area (Å²) in [4.78, 5) is 15.9. The molecule has 2 heterocycles. The van der Waals surface area contributed by atoms with Crippen LogP contribution in [0.3, 0.4) is 0 Å². The van der Waals surface area contributed by atoms with Gasteiger partial charge in [0.25, 0.3) is 0 Å². The largest absolute Gasteiger partial charge is 0.323 e. The third kappa shape index (κ3) is 3.34. The normalized spacial score (nSPS) is 20.0. The van der Waals surface area contributed by atoms with Crippen LogP contribution in [0, 0.1) is 6.92 Å². The summed E-state index contributed by atoms with van der Waals surface area (Å²) in [5.41, 5.74) is 1.55. The van der Waals surface area contributed by atoms with Crippen molar-refractivity contribution in [2.24, 2.45) is 0 Å². The fourth-order valence-electron chi connectivity index (χ4n) is 1.59. The summed E-state index contributed by atoms with van der Waals surface area (Å²) < 4.78 is 0. The van der Waals surface area contributed by atoms with Gasteiger partial charge < -0.3 is 10.6 Å². The number of amides is 1. The lowest BCUT2D eigenvalue weighted by atomic mass is 10.2. The third-order valence-electron chi connectivity index (χ3n) is 2.52. The number of hydrogen-bond acceptors (Lipinski definition) is 4. The van der Waals surface area contributed by atoms with Gasteiger partial charge in [0.05, 0.1) is 17.9 Å². The zero-order valence-corrected chi connectivity index (χ0v) is 11.1. The third-order valence-corrected chi connectivity index (χ3v) is 3.98. The molecule has 2 rings (SSSR count). The van der Waals surface area contributed by atoms with Gasteiger partial charge in [0, 0.05) is 18.1 Å². The average Bonchev–Trinajstić information content (AvgIpc) is 2.35. The maximum atomic E-state index is 11.9. The number of nitrogens with zero attached hydrogens (tertiary/aromatic N) is 1. The fraction of sp³-hybridized carbons (Fsp3) is 0.455. The van der Waals surface area contributed by atoms with E-state index in [1.165, 1.54) is 0 Å². The Labute approximate surface area is 110 Å². The minimum absolute atomic E-state index is 0.0132. The van der Waals surface area contributed by atoms with E-state index in [4.69, 9.17) is 11.6 Å². The summed E-state index contributed by atoms with van der Waals surface area (Å²) in [6.07, 6.45) is 1.57. The number of hydrogen-bond donors (Lipinski definition) is 2. The number of anilines is 1. The number of halogens is 1. The number of carbonyl (C=O) groups is 1. The van der Waals surface area contributed by atoms with E-state index >= 15 is 0 Å². The molecule has 0 aromatic carbocycles. The second kappa shape index (κ2) is 5.71. The second-order valence-corrected chi connectivity index (χ2v) is 5.41. The molecule has 0 spiro atoms. The van der Waals surface area contributed by atoms with E-state index in [1.807, 2.05) is 13.0 Å². The Morgan fingerprint density at radius 2 is 2.53 bits per heavy atom. The van der Waals surface area contributed by atoms with Gasteiger partial charge in [0.15, 0.2) is 0 Å². The molecule has 2 N–H and O–H groups in total. The van der Waals surface area contributed by atoms with Crippen molar-refractivity contribution >= 4 is 35.0 Å². The minimum atomic E-state index is -0.121. The highest BCUT2D eigenvalue weighted by atomic mass is 35.5. The zero-order chi connectivity index (χ0) is 12.3. The van der Waals surface area contributed by atoms with Gasteiger partial charge in [-0.1, -0.05) is 11.6 Å². The van der Waals surface area contributed by atoms with Crippen LogP contribution < -0.4 is 10.6 Å². The van der Waals surface area contributed by atoms with Crippen LogP contribution in [-0.4, -0.2) is 35.0 Å². The number of aromatic nitrogens is 1. The number of rotatable bonds is 2. The van der Waals surface area contributed by atoms with Crippen LogP contribution in [0.15, 0.2) is 12.3 Å². The molecule has 1 unspecified atom stereocenters. The van der Waals surface area contributed by atoms with Gasteiger partial charge in [-0.2, -0.15) is 11.8 Å². The molecule has 1 aliphatic rings. The summed E-state index contributed by atoms with van der Waals surface area (Å²) in [6.45, 7) is 2.74. The van der Waals surface area contributed by atoms with Crippen LogP contribution in [0.2, 0.25) is 5.15 Å². The Hall–Kier alpha value is -0.780. The molecule has 1 saturated heterocycles. The van der Waals surface area contributed by atoms with Gasteiger partial charge in [-0.05, 0) is 18.6 Å². The van der Waals surface area contributed by atoms with Crippen molar-refractivity contribution < 1.29 is 4.79 Å². The van der Waals surface area contributed by atoms with Gasteiger partial charge in [-0.15, -0.1) is 0 Å². The summed E-state index contributed by atoms with van der Waals surface area (Å²) in [7, 11) is 0. The van der Waals surface area contributed by atoms with Crippen molar-refractivity contribution in [1.29, 1.82) is 0 Å².